The van der Waals surface area contributed by atoms with Gasteiger partial charge in [-0.25, -0.2) is 4.98 Å². The molecule has 0 bridgehead atoms. The van der Waals surface area contributed by atoms with Gasteiger partial charge in [0.1, 0.15) is 5.82 Å². The van der Waals surface area contributed by atoms with E-state index in [1.807, 2.05) is 10.7 Å². The minimum Gasteiger partial charge on any atom is -0.383 e. The van der Waals surface area contributed by atoms with Gasteiger partial charge in [-0.15, -0.1) is 0 Å². The van der Waals surface area contributed by atoms with Crippen molar-refractivity contribution < 1.29 is 17.9 Å². The van der Waals surface area contributed by atoms with Gasteiger partial charge in [0, 0.05) is 48.5 Å². The van der Waals surface area contributed by atoms with Gasteiger partial charge in [0.2, 0.25) is 0 Å². The van der Waals surface area contributed by atoms with Gasteiger partial charge >= 0.3 is 6.18 Å². The van der Waals surface area contributed by atoms with Crippen molar-refractivity contribution in [2.24, 2.45) is 11.8 Å². The number of hydrogen-bond acceptors (Lipinski definition) is 5. The van der Waals surface area contributed by atoms with E-state index in [0.29, 0.717) is 35.1 Å². The van der Waals surface area contributed by atoms with Crippen LogP contribution in [0.25, 0.3) is 11.3 Å². The molecular weight excluding hydrogens is 407 g/mol. The molecule has 2 aromatic heterocycles. The Bertz CT molecular complexity index is 955. The van der Waals surface area contributed by atoms with E-state index in [1.165, 1.54) is 19.0 Å². The fourth-order valence-electron chi connectivity index (χ4n) is 5.55. The summed E-state index contributed by atoms with van der Waals surface area (Å²) >= 11 is 0. The number of pyridine rings is 1. The summed E-state index contributed by atoms with van der Waals surface area (Å²) in [5, 5.41) is 4.67. The summed E-state index contributed by atoms with van der Waals surface area (Å²) in [4.78, 5) is 6.33. The highest BCUT2D eigenvalue weighted by molar-refractivity contribution is 5.63. The van der Waals surface area contributed by atoms with Gasteiger partial charge in [0.05, 0.1) is 24.5 Å². The first kappa shape index (κ1) is 20.8. The lowest BCUT2D eigenvalue weighted by Crippen LogP contribution is -2.43. The third-order valence-corrected chi connectivity index (χ3v) is 7.10. The Morgan fingerprint density at radius 2 is 1.81 bits per heavy atom. The summed E-state index contributed by atoms with van der Waals surface area (Å²) in [7, 11) is 0. The van der Waals surface area contributed by atoms with Crippen LogP contribution in [0.1, 0.15) is 49.9 Å². The number of nitrogen functional groups attached to an aromatic ring is 1. The van der Waals surface area contributed by atoms with Gasteiger partial charge in [-0.3, -0.25) is 9.58 Å². The van der Waals surface area contributed by atoms with Gasteiger partial charge in [-0.05, 0) is 50.7 Å². The topological polar surface area (TPSA) is 69.2 Å². The Balaban J connectivity index is 1.39. The molecule has 3 heterocycles. The maximum atomic E-state index is 13.3. The van der Waals surface area contributed by atoms with E-state index in [1.54, 1.807) is 0 Å². The number of aromatic nitrogens is 3. The Labute approximate surface area is 179 Å². The van der Waals surface area contributed by atoms with Crippen molar-refractivity contribution >= 4 is 5.82 Å². The number of ether oxygens (including phenoxy) is 1. The molecule has 3 aliphatic rings. The molecule has 0 amide bonds. The van der Waals surface area contributed by atoms with Crippen LogP contribution in [0.2, 0.25) is 0 Å². The molecule has 2 unspecified atom stereocenters. The molecule has 2 saturated carbocycles. The van der Waals surface area contributed by atoms with Crippen LogP contribution in [0, 0.1) is 11.8 Å². The number of nitrogens with two attached hydrogens (primary N) is 1. The molecule has 31 heavy (non-hydrogen) atoms. The zero-order chi connectivity index (χ0) is 21.9. The van der Waals surface area contributed by atoms with Crippen LogP contribution < -0.4 is 5.73 Å². The van der Waals surface area contributed by atoms with Crippen molar-refractivity contribution in [3.63, 3.8) is 0 Å². The van der Waals surface area contributed by atoms with E-state index in [9.17, 15) is 13.2 Å². The molecule has 5 rings (SSSR count). The Morgan fingerprint density at radius 1 is 1.13 bits per heavy atom. The van der Waals surface area contributed by atoms with Gasteiger partial charge in [-0.2, -0.15) is 18.3 Å². The van der Waals surface area contributed by atoms with E-state index in [2.05, 4.69) is 28.8 Å². The van der Waals surface area contributed by atoms with Crippen molar-refractivity contribution in [3.05, 3.63) is 29.6 Å². The minimum absolute atomic E-state index is 0.129. The third-order valence-electron chi connectivity index (χ3n) is 7.10. The number of rotatable bonds is 4. The normalized spacial score (nSPS) is 28.8. The molecule has 0 spiro atoms. The maximum Gasteiger partial charge on any atom is 0.419 e. The molecule has 168 valence electrons. The lowest BCUT2D eigenvalue weighted by Gasteiger charge is -2.33. The van der Waals surface area contributed by atoms with E-state index in [4.69, 9.17) is 10.5 Å². The molecule has 2 aliphatic carbocycles. The number of alkyl halides is 3. The lowest BCUT2D eigenvalue weighted by molar-refractivity contribution is -0.137. The highest BCUT2D eigenvalue weighted by atomic mass is 19.4. The smallest absolute Gasteiger partial charge is 0.383 e. The van der Waals surface area contributed by atoms with Crippen molar-refractivity contribution in [3.8, 4) is 11.3 Å². The fourth-order valence-corrected chi connectivity index (χ4v) is 5.55. The summed E-state index contributed by atoms with van der Waals surface area (Å²) in [6.45, 7) is 7.75. The fraction of sp³-hybridized carbons (Fsp3) is 0.636. The van der Waals surface area contributed by atoms with Crippen molar-refractivity contribution in [1.82, 2.24) is 19.7 Å². The largest absolute Gasteiger partial charge is 0.419 e. The first-order valence-corrected chi connectivity index (χ1v) is 11.0. The van der Waals surface area contributed by atoms with Crippen molar-refractivity contribution in [1.29, 1.82) is 0 Å². The number of halogens is 3. The van der Waals surface area contributed by atoms with E-state index < -0.39 is 17.6 Å². The molecule has 2 aromatic rings. The minimum atomic E-state index is -4.54. The number of morpholine rings is 1. The number of anilines is 1. The van der Waals surface area contributed by atoms with Crippen LogP contribution in [0.3, 0.4) is 0 Å². The van der Waals surface area contributed by atoms with Gasteiger partial charge < -0.3 is 10.5 Å². The third kappa shape index (κ3) is 3.71. The second-order valence-corrected chi connectivity index (χ2v) is 9.27. The average molecular weight is 435 g/mol. The summed E-state index contributed by atoms with van der Waals surface area (Å²) < 4.78 is 47.3. The Kier molecular flexibility index (Phi) is 5.01. The number of fused-ring (bicyclic) bond motifs is 1. The summed E-state index contributed by atoms with van der Waals surface area (Å²) in [5.74, 6) is 1.19. The molecule has 0 aromatic carbocycles. The zero-order valence-corrected chi connectivity index (χ0v) is 17.8. The van der Waals surface area contributed by atoms with Gasteiger partial charge in [0.25, 0.3) is 0 Å². The van der Waals surface area contributed by atoms with Crippen LogP contribution >= 0.6 is 0 Å². The number of hydrogen-bond donors (Lipinski definition) is 1. The molecule has 1 saturated heterocycles. The molecule has 4 atom stereocenters. The molecule has 1 aliphatic heterocycles. The van der Waals surface area contributed by atoms with Crippen LogP contribution in [-0.2, 0) is 10.9 Å². The molecule has 9 heteroatoms. The van der Waals surface area contributed by atoms with Crippen LogP contribution in [0.5, 0.6) is 0 Å². The highest BCUT2D eigenvalue weighted by Gasteiger charge is 2.58. The SMILES string of the molecule is CC(C)n1nc(-c2cnc(N)c(C(F)(F)F)c2)cc1C1[C@H]2CC(N3CCOCC3)C[C@@H]12. The highest BCUT2D eigenvalue weighted by Crippen LogP contribution is 2.64. The first-order valence-electron chi connectivity index (χ1n) is 11.0. The van der Waals surface area contributed by atoms with Gasteiger partial charge in [0.15, 0.2) is 0 Å². The monoisotopic (exact) mass is 435 g/mol. The van der Waals surface area contributed by atoms with Crippen LogP contribution in [-0.4, -0.2) is 52.0 Å². The Hall–Kier alpha value is -2.13. The summed E-state index contributed by atoms with van der Waals surface area (Å²) in [6.07, 6.45) is -0.812. The van der Waals surface area contributed by atoms with E-state index in [-0.39, 0.29) is 6.04 Å². The molecule has 6 nitrogen and oxygen atoms in total. The predicted molar refractivity (Wildman–Crippen MR) is 110 cm³/mol. The van der Waals surface area contributed by atoms with Crippen LogP contribution in [0.4, 0.5) is 19.0 Å². The second-order valence-electron chi connectivity index (χ2n) is 9.27. The van der Waals surface area contributed by atoms with Crippen LogP contribution in [0.15, 0.2) is 18.3 Å². The summed E-state index contributed by atoms with van der Waals surface area (Å²) in [6, 6.07) is 3.77. The standard InChI is InChI=1S/C22H28F3N5O/c1-12(2)30-19(20-15-8-14(9-16(15)20)29-3-5-31-6-4-29)10-18(28-30)13-7-17(22(23,24)25)21(26)27-11-13/h7,10-12,14-16,20H,3-6,8-9H2,1-2H3,(H2,26,27)/t14?,15-,16+,20?. The molecule has 2 N–H and O–H groups in total. The van der Waals surface area contributed by atoms with Crippen molar-refractivity contribution in [2.45, 2.75) is 50.9 Å². The van der Waals surface area contributed by atoms with Gasteiger partial charge in [-0.1, -0.05) is 0 Å². The first-order chi connectivity index (χ1) is 14.7. The zero-order valence-electron chi connectivity index (χ0n) is 17.8. The van der Waals surface area contributed by atoms with E-state index in [0.717, 1.165) is 38.1 Å². The maximum absolute atomic E-state index is 13.3. The quantitative estimate of drug-likeness (QED) is 0.788. The molecule has 0 radical (unpaired) electrons. The Morgan fingerprint density at radius 3 is 2.42 bits per heavy atom. The average Bonchev–Trinajstić information content (AvgIpc) is 3.09. The molecular formula is C22H28F3N5O. The summed E-state index contributed by atoms with van der Waals surface area (Å²) in [5.41, 5.74) is 6.55. The van der Waals surface area contributed by atoms with E-state index >= 15 is 0 Å². The predicted octanol–water partition coefficient (Wildman–Crippen LogP) is 3.95. The van der Waals surface area contributed by atoms with Crippen molar-refractivity contribution in [2.75, 3.05) is 32.0 Å². The number of nitrogens with zero attached hydrogens (tertiary/aromatic N) is 4. The lowest BCUT2D eigenvalue weighted by atomic mass is 10.0. The second kappa shape index (κ2) is 7.48. The molecule has 3 fully saturated rings.